The molecule has 0 radical (unpaired) electrons. The molecule has 0 bridgehead atoms. The Kier molecular flexibility index (Phi) is 2.78. The van der Waals surface area contributed by atoms with Crippen molar-refractivity contribution in [3.05, 3.63) is 42.0 Å². The van der Waals surface area contributed by atoms with E-state index < -0.39 is 5.82 Å². The van der Waals surface area contributed by atoms with Gasteiger partial charge in [-0.25, -0.2) is 9.07 Å². The van der Waals surface area contributed by atoms with E-state index in [1.54, 1.807) is 18.3 Å². The summed E-state index contributed by atoms with van der Waals surface area (Å²) < 4.78 is 14.5. The van der Waals surface area contributed by atoms with E-state index in [0.29, 0.717) is 11.4 Å². The Labute approximate surface area is 97.0 Å². The lowest BCUT2D eigenvalue weighted by Gasteiger charge is -2.03. The van der Waals surface area contributed by atoms with Crippen LogP contribution in [0.5, 0.6) is 0 Å². The summed E-state index contributed by atoms with van der Waals surface area (Å²) in [6, 6.07) is 5.62. The second-order valence-corrected chi connectivity index (χ2v) is 3.47. The molecule has 2 aromatic rings. The van der Waals surface area contributed by atoms with Crippen LogP contribution in [-0.2, 0) is 0 Å². The van der Waals surface area contributed by atoms with Gasteiger partial charge in [-0.2, -0.15) is 5.10 Å². The first-order valence-corrected chi connectivity index (χ1v) is 4.94. The normalized spacial score (nSPS) is 10.2. The molecule has 1 amide bonds. The first-order chi connectivity index (χ1) is 8.10. The Balaban J connectivity index is 2.40. The summed E-state index contributed by atoms with van der Waals surface area (Å²) >= 11 is 0. The third-order valence-corrected chi connectivity index (χ3v) is 2.22. The molecule has 0 aliphatic heterocycles. The highest BCUT2D eigenvalue weighted by Crippen LogP contribution is 2.14. The third kappa shape index (κ3) is 2.25. The highest BCUT2D eigenvalue weighted by atomic mass is 19.1. The van der Waals surface area contributed by atoms with Gasteiger partial charge in [-0.3, -0.25) is 4.79 Å². The summed E-state index contributed by atoms with van der Waals surface area (Å²) in [5.74, 6) is -0.745. The molecule has 0 unspecified atom stereocenters. The van der Waals surface area contributed by atoms with Gasteiger partial charge in [-0.15, -0.1) is 0 Å². The number of aromatic nitrogens is 2. The predicted octanol–water partition coefficient (Wildman–Crippen LogP) is 0.953. The van der Waals surface area contributed by atoms with Crippen molar-refractivity contribution in [3.63, 3.8) is 0 Å². The van der Waals surface area contributed by atoms with E-state index in [2.05, 4.69) is 10.4 Å². The van der Waals surface area contributed by atoms with Gasteiger partial charge in [0.25, 0.3) is 5.91 Å². The van der Waals surface area contributed by atoms with E-state index in [-0.39, 0.29) is 11.6 Å². The van der Waals surface area contributed by atoms with Gasteiger partial charge in [-0.1, -0.05) is 0 Å². The zero-order valence-electron chi connectivity index (χ0n) is 9.14. The zero-order chi connectivity index (χ0) is 12.4. The number of hydrogen-bond donors (Lipinski definition) is 2. The van der Waals surface area contributed by atoms with E-state index in [1.165, 1.54) is 23.9 Å². The maximum atomic E-state index is 13.1. The molecule has 0 aliphatic carbocycles. The number of hydrogen-bond acceptors (Lipinski definition) is 3. The van der Waals surface area contributed by atoms with Crippen LogP contribution in [0.25, 0.3) is 5.69 Å². The molecule has 5 nitrogen and oxygen atoms in total. The topological polar surface area (TPSA) is 72.9 Å². The second kappa shape index (κ2) is 4.25. The van der Waals surface area contributed by atoms with Gasteiger partial charge in [0.1, 0.15) is 5.82 Å². The summed E-state index contributed by atoms with van der Waals surface area (Å²) in [7, 11) is 1.52. The van der Waals surface area contributed by atoms with Gasteiger partial charge in [-0.05, 0) is 24.3 Å². The van der Waals surface area contributed by atoms with Gasteiger partial charge in [0, 0.05) is 18.9 Å². The van der Waals surface area contributed by atoms with Crippen LogP contribution >= 0.6 is 0 Å². The number of amides is 1. The number of nitrogens with zero attached hydrogens (tertiary/aromatic N) is 2. The number of carbonyl (C=O) groups is 1. The molecule has 3 N–H and O–H groups in total. The van der Waals surface area contributed by atoms with Crippen molar-refractivity contribution in [3.8, 4) is 5.69 Å². The third-order valence-electron chi connectivity index (χ3n) is 2.22. The minimum Gasteiger partial charge on any atom is -0.399 e. The van der Waals surface area contributed by atoms with E-state index in [1.807, 2.05) is 0 Å². The fourth-order valence-corrected chi connectivity index (χ4v) is 1.45. The van der Waals surface area contributed by atoms with E-state index in [9.17, 15) is 9.18 Å². The fourth-order valence-electron chi connectivity index (χ4n) is 1.45. The summed E-state index contributed by atoms with van der Waals surface area (Å²) in [5, 5.41) is 6.47. The van der Waals surface area contributed by atoms with Crippen molar-refractivity contribution >= 4 is 11.6 Å². The van der Waals surface area contributed by atoms with Crippen LogP contribution in [-0.4, -0.2) is 22.7 Å². The lowest BCUT2D eigenvalue weighted by atomic mass is 10.3. The standard InChI is InChI=1S/C11H11FN4O/c1-14-11(17)10-2-3-16(15-10)9-5-7(12)4-8(13)6-9/h2-6H,13H2,1H3,(H,14,17). The second-order valence-electron chi connectivity index (χ2n) is 3.47. The van der Waals surface area contributed by atoms with Crippen molar-refractivity contribution in [2.75, 3.05) is 12.8 Å². The van der Waals surface area contributed by atoms with Crippen LogP contribution in [0.3, 0.4) is 0 Å². The van der Waals surface area contributed by atoms with Crippen LogP contribution in [0.15, 0.2) is 30.5 Å². The highest BCUT2D eigenvalue weighted by Gasteiger charge is 2.08. The average molecular weight is 234 g/mol. The predicted molar refractivity (Wildman–Crippen MR) is 61.3 cm³/mol. The van der Waals surface area contributed by atoms with Crippen molar-refractivity contribution in [1.82, 2.24) is 15.1 Å². The molecule has 6 heteroatoms. The van der Waals surface area contributed by atoms with Crippen LogP contribution in [0.4, 0.5) is 10.1 Å². The number of benzene rings is 1. The quantitative estimate of drug-likeness (QED) is 0.760. The molecule has 0 spiro atoms. The van der Waals surface area contributed by atoms with Crippen LogP contribution in [0.2, 0.25) is 0 Å². The van der Waals surface area contributed by atoms with Crippen LogP contribution in [0.1, 0.15) is 10.5 Å². The summed E-state index contributed by atoms with van der Waals surface area (Å²) in [6.45, 7) is 0. The van der Waals surface area contributed by atoms with Crippen molar-refractivity contribution < 1.29 is 9.18 Å². The molecule has 88 valence electrons. The molecular formula is C11H11FN4O. The molecule has 0 atom stereocenters. The van der Waals surface area contributed by atoms with Crippen molar-refractivity contribution in [2.24, 2.45) is 0 Å². The summed E-state index contributed by atoms with van der Waals surface area (Å²) in [5.41, 5.74) is 6.56. The van der Waals surface area contributed by atoms with Crippen LogP contribution < -0.4 is 11.1 Å². The minimum absolute atomic E-state index is 0.260. The zero-order valence-corrected chi connectivity index (χ0v) is 9.14. The monoisotopic (exact) mass is 234 g/mol. The molecule has 1 heterocycles. The molecule has 0 saturated heterocycles. The smallest absolute Gasteiger partial charge is 0.271 e. The number of nitrogen functional groups attached to an aromatic ring is 1. The van der Waals surface area contributed by atoms with E-state index in [0.717, 1.165) is 0 Å². The number of nitrogens with two attached hydrogens (primary N) is 1. The Morgan fingerprint density at radius 1 is 1.47 bits per heavy atom. The summed E-state index contributed by atoms with van der Waals surface area (Å²) in [6.07, 6.45) is 1.57. The first kappa shape index (κ1) is 11.1. The van der Waals surface area contributed by atoms with Gasteiger partial charge in [0.05, 0.1) is 5.69 Å². The number of carbonyl (C=O) groups excluding carboxylic acids is 1. The molecule has 17 heavy (non-hydrogen) atoms. The van der Waals surface area contributed by atoms with Crippen molar-refractivity contribution in [2.45, 2.75) is 0 Å². The number of nitrogens with one attached hydrogen (secondary N) is 1. The summed E-state index contributed by atoms with van der Waals surface area (Å²) in [4.78, 5) is 11.3. The SMILES string of the molecule is CNC(=O)c1ccn(-c2cc(N)cc(F)c2)n1. The number of halogens is 1. The van der Waals surface area contributed by atoms with E-state index >= 15 is 0 Å². The van der Waals surface area contributed by atoms with Gasteiger partial charge < -0.3 is 11.1 Å². The Bertz CT molecular complexity index is 544. The number of anilines is 1. The van der Waals surface area contributed by atoms with Gasteiger partial charge in [0.15, 0.2) is 5.69 Å². The minimum atomic E-state index is -0.447. The maximum Gasteiger partial charge on any atom is 0.271 e. The maximum absolute atomic E-state index is 13.1. The van der Waals surface area contributed by atoms with Gasteiger partial charge in [0.2, 0.25) is 0 Å². The lowest BCUT2D eigenvalue weighted by Crippen LogP contribution is -2.18. The molecule has 1 aromatic heterocycles. The Hall–Kier alpha value is -2.37. The molecular weight excluding hydrogens is 223 g/mol. The molecule has 0 fully saturated rings. The lowest BCUT2D eigenvalue weighted by molar-refractivity contribution is 0.0958. The van der Waals surface area contributed by atoms with Crippen LogP contribution in [0, 0.1) is 5.82 Å². The largest absolute Gasteiger partial charge is 0.399 e. The van der Waals surface area contributed by atoms with Gasteiger partial charge >= 0.3 is 0 Å². The molecule has 0 saturated carbocycles. The van der Waals surface area contributed by atoms with E-state index in [4.69, 9.17) is 5.73 Å². The Morgan fingerprint density at radius 3 is 2.88 bits per heavy atom. The average Bonchev–Trinajstić information content (AvgIpc) is 2.76. The molecule has 2 rings (SSSR count). The number of rotatable bonds is 2. The first-order valence-electron chi connectivity index (χ1n) is 4.94. The fraction of sp³-hybridized carbons (Fsp3) is 0.0909. The Morgan fingerprint density at radius 2 is 2.24 bits per heavy atom. The molecule has 1 aromatic carbocycles. The molecule has 0 aliphatic rings. The van der Waals surface area contributed by atoms with Crippen molar-refractivity contribution in [1.29, 1.82) is 0 Å². The highest BCUT2D eigenvalue weighted by molar-refractivity contribution is 5.91.